The summed E-state index contributed by atoms with van der Waals surface area (Å²) >= 11 is 0. The number of nitrogens with two attached hydrogens (primary N) is 1. The Balaban J connectivity index is 3.19. The van der Waals surface area contributed by atoms with Gasteiger partial charge in [0, 0.05) is 17.2 Å². The second kappa shape index (κ2) is 7.46. The Morgan fingerprint density at radius 3 is 2.57 bits per heavy atom. The van der Waals surface area contributed by atoms with Crippen molar-refractivity contribution in [2.45, 2.75) is 26.8 Å². The third kappa shape index (κ3) is 4.33. The van der Waals surface area contributed by atoms with Gasteiger partial charge in [-0.05, 0) is 38.5 Å². The highest BCUT2D eigenvalue weighted by atomic mass is 16.2. The van der Waals surface area contributed by atoms with E-state index in [1.807, 2.05) is 13.8 Å². The van der Waals surface area contributed by atoms with Crippen molar-refractivity contribution in [2.24, 2.45) is 5.73 Å². The molecule has 1 aromatic rings. The number of amides is 2. The maximum atomic E-state index is 12.6. The number of primary amides is 1. The van der Waals surface area contributed by atoms with E-state index in [1.54, 1.807) is 25.1 Å². The van der Waals surface area contributed by atoms with Gasteiger partial charge in [-0.1, -0.05) is 17.9 Å². The molecule has 1 rings (SSSR count). The van der Waals surface area contributed by atoms with Gasteiger partial charge in [0.25, 0.3) is 5.91 Å². The van der Waals surface area contributed by atoms with E-state index in [1.165, 1.54) is 4.90 Å². The molecule has 0 saturated carbocycles. The van der Waals surface area contributed by atoms with Crippen molar-refractivity contribution in [3.05, 3.63) is 34.9 Å². The first-order chi connectivity index (χ1) is 9.88. The Kier molecular flexibility index (Phi) is 5.94. The lowest BCUT2D eigenvalue weighted by molar-refractivity contribution is -0.119. The summed E-state index contributed by atoms with van der Waals surface area (Å²) in [7, 11) is 0. The molecule has 21 heavy (non-hydrogen) atoms. The molecule has 0 spiro atoms. The van der Waals surface area contributed by atoms with Crippen LogP contribution in [0.15, 0.2) is 18.2 Å². The topological polar surface area (TPSA) is 83.6 Å². The van der Waals surface area contributed by atoms with Crippen molar-refractivity contribution in [3.8, 4) is 11.8 Å². The van der Waals surface area contributed by atoms with Gasteiger partial charge >= 0.3 is 0 Å². The number of nitrogens with zero attached hydrogens (tertiary/aromatic N) is 1. The van der Waals surface area contributed by atoms with Crippen LogP contribution in [0.5, 0.6) is 0 Å². The van der Waals surface area contributed by atoms with Gasteiger partial charge in [-0.15, -0.1) is 0 Å². The standard InChI is InChI=1S/C16H20N2O3/c1-11(2)18(10-15(17)20)16(21)14-8-4-6-13(12(14)3)7-5-9-19/h4,6,8,11,19H,9-10H2,1-3H3,(H2,17,20). The van der Waals surface area contributed by atoms with E-state index in [9.17, 15) is 9.59 Å². The Morgan fingerprint density at radius 2 is 2.05 bits per heavy atom. The van der Waals surface area contributed by atoms with Crippen LogP contribution in [0, 0.1) is 18.8 Å². The van der Waals surface area contributed by atoms with Crippen LogP contribution < -0.4 is 5.73 Å². The lowest BCUT2D eigenvalue weighted by atomic mass is 10.0. The first kappa shape index (κ1) is 16.7. The van der Waals surface area contributed by atoms with E-state index in [0.717, 1.165) is 5.56 Å². The van der Waals surface area contributed by atoms with Crippen molar-refractivity contribution in [1.29, 1.82) is 0 Å². The second-order valence-electron chi connectivity index (χ2n) is 4.93. The Morgan fingerprint density at radius 1 is 1.38 bits per heavy atom. The van der Waals surface area contributed by atoms with Gasteiger partial charge in [-0.25, -0.2) is 0 Å². The fourth-order valence-electron chi connectivity index (χ4n) is 1.95. The molecular weight excluding hydrogens is 268 g/mol. The fourth-order valence-corrected chi connectivity index (χ4v) is 1.95. The summed E-state index contributed by atoms with van der Waals surface area (Å²) in [4.78, 5) is 25.1. The molecule has 5 heteroatoms. The predicted molar refractivity (Wildman–Crippen MR) is 80.5 cm³/mol. The maximum Gasteiger partial charge on any atom is 0.254 e. The van der Waals surface area contributed by atoms with Crippen molar-refractivity contribution < 1.29 is 14.7 Å². The summed E-state index contributed by atoms with van der Waals surface area (Å²) in [6, 6.07) is 5.06. The highest BCUT2D eigenvalue weighted by Gasteiger charge is 2.22. The Bertz CT molecular complexity index is 597. The molecule has 0 aliphatic rings. The third-order valence-electron chi connectivity index (χ3n) is 3.08. The lowest BCUT2D eigenvalue weighted by Gasteiger charge is -2.26. The number of aliphatic hydroxyl groups excluding tert-OH is 1. The molecule has 2 amide bonds. The number of benzene rings is 1. The second-order valence-corrected chi connectivity index (χ2v) is 4.93. The van der Waals surface area contributed by atoms with Crippen molar-refractivity contribution in [1.82, 2.24) is 4.90 Å². The van der Waals surface area contributed by atoms with Gasteiger partial charge in [-0.3, -0.25) is 9.59 Å². The summed E-state index contributed by atoms with van der Waals surface area (Å²) in [6.45, 7) is 5.08. The average molecular weight is 288 g/mol. The number of hydrogen-bond donors (Lipinski definition) is 2. The van der Waals surface area contributed by atoms with E-state index >= 15 is 0 Å². The van der Waals surface area contributed by atoms with Crippen LogP contribution in [0.25, 0.3) is 0 Å². The molecule has 3 N–H and O–H groups in total. The van der Waals surface area contributed by atoms with Gasteiger partial charge in [0.05, 0.1) is 6.54 Å². The summed E-state index contributed by atoms with van der Waals surface area (Å²) in [5, 5.41) is 8.76. The molecule has 0 bridgehead atoms. The highest BCUT2D eigenvalue weighted by molar-refractivity contribution is 5.98. The minimum atomic E-state index is -0.550. The van der Waals surface area contributed by atoms with Gasteiger partial charge in [0.15, 0.2) is 0 Å². The van der Waals surface area contributed by atoms with Gasteiger partial charge in [0.2, 0.25) is 5.91 Å². The van der Waals surface area contributed by atoms with E-state index in [-0.39, 0.29) is 25.1 Å². The summed E-state index contributed by atoms with van der Waals surface area (Å²) < 4.78 is 0. The van der Waals surface area contributed by atoms with Crippen LogP contribution in [0.2, 0.25) is 0 Å². The van der Waals surface area contributed by atoms with Crippen LogP contribution in [0.3, 0.4) is 0 Å². The van der Waals surface area contributed by atoms with E-state index in [4.69, 9.17) is 10.8 Å². The first-order valence-corrected chi connectivity index (χ1v) is 6.67. The third-order valence-corrected chi connectivity index (χ3v) is 3.08. The van der Waals surface area contributed by atoms with Crippen molar-refractivity contribution >= 4 is 11.8 Å². The van der Waals surface area contributed by atoms with Gasteiger partial charge < -0.3 is 15.7 Å². The van der Waals surface area contributed by atoms with Crippen LogP contribution in [0.4, 0.5) is 0 Å². The molecule has 0 fully saturated rings. The summed E-state index contributed by atoms with van der Waals surface area (Å²) in [5.74, 6) is 4.56. The minimum Gasteiger partial charge on any atom is -0.384 e. The predicted octanol–water partition coefficient (Wildman–Crippen LogP) is 0.675. The fraction of sp³-hybridized carbons (Fsp3) is 0.375. The summed E-state index contributed by atoms with van der Waals surface area (Å²) in [6.07, 6.45) is 0. The number of carbonyl (C=O) groups is 2. The number of hydrogen-bond acceptors (Lipinski definition) is 3. The van der Waals surface area contributed by atoms with Crippen LogP contribution in [0.1, 0.15) is 35.3 Å². The van der Waals surface area contributed by atoms with E-state index < -0.39 is 5.91 Å². The molecule has 1 aromatic carbocycles. The molecule has 0 aliphatic heterocycles. The number of aliphatic hydroxyl groups is 1. The van der Waals surface area contributed by atoms with Gasteiger partial charge in [-0.2, -0.15) is 0 Å². The molecule has 0 aromatic heterocycles. The molecule has 0 heterocycles. The van der Waals surface area contributed by atoms with Crippen LogP contribution in [-0.4, -0.2) is 41.0 Å². The normalized spacial score (nSPS) is 9.95. The van der Waals surface area contributed by atoms with Crippen molar-refractivity contribution in [3.63, 3.8) is 0 Å². The molecular formula is C16H20N2O3. The minimum absolute atomic E-state index is 0.123. The SMILES string of the molecule is Cc1c(C#CCO)cccc1C(=O)N(CC(N)=O)C(C)C. The maximum absolute atomic E-state index is 12.6. The average Bonchev–Trinajstić information content (AvgIpc) is 2.42. The Hall–Kier alpha value is -2.32. The monoisotopic (exact) mass is 288 g/mol. The molecule has 5 nitrogen and oxygen atoms in total. The van der Waals surface area contributed by atoms with Crippen LogP contribution in [-0.2, 0) is 4.79 Å². The molecule has 0 aliphatic carbocycles. The first-order valence-electron chi connectivity index (χ1n) is 6.67. The zero-order valence-corrected chi connectivity index (χ0v) is 12.5. The highest BCUT2D eigenvalue weighted by Crippen LogP contribution is 2.16. The zero-order chi connectivity index (χ0) is 16.0. The molecule has 112 valence electrons. The number of rotatable bonds is 4. The summed E-state index contributed by atoms with van der Waals surface area (Å²) in [5.41, 5.74) is 7.08. The van der Waals surface area contributed by atoms with E-state index in [2.05, 4.69) is 11.8 Å². The van der Waals surface area contributed by atoms with Gasteiger partial charge in [0.1, 0.15) is 6.61 Å². The van der Waals surface area contributed by atoms with Crippen molar-refractivity contribution in [2.75, 3.05) is 13.2 Å². The quantitative estimate of drug-likeness (QED) is 0.799. The molecule has 0 radical (unpaired) electrons. The largest absolute Gasteiger partial charge is 0.384 e. The molecule has 0 unspecified atom stereocenters. The van der Waals surface area contributed by atoms with Crippen LogP contribution >= 0.6 is 0 Å². The lowest BCUT2D eigenvalue weighted by Crippen LogP contribution is -2.43. The Labute approximate surface area is 124 Å². The molecule has 0 saturated heterocycles. The van der Waals surface area contributed by atoms with E-state index in [0.29, 0.717) is 11.1 Å². The smallest absolute Gasteiger partial charge is 0.254 e. The number of carbonyl (C=O) groups excluding carboxylic acids is 2. The zero-order valence-electron chi connectivity index (χ0n) is 12.5. The molecule has 0 atom stereocenters.